The van der Waals surface area contributed by atoms with Crippen LogP contribution in [0.1, 0.15) is 34.1 Å². The number of azide groups is 1. The number of hydrogen-bond donors (Lipinski definition) is 1. The molecule has 0 aromatic carbocycles. The minimum Gasteiger partial charge on any atom is -0.465 e. The Hall–Kier alpha value is -2.43. The third kappa shape index (κ3) is 4.89. The molecule has 0 aromatic rings. The molecule has 11 nitrogen and oxygen atoms in total. The highest BCUT2D eigenvalue weighted by atomic mass is 19.1. The molecule has 1 heterocycles. The minimum absolute atomic E-state index is 0.173. The van der Waals surface area contributed by atoms with Crippen molar-refractivity contribution in [3.63, 3.8) is 0 Å². The topological polar surface area (TPSA) is 157 Å². The zero-order valence-electron chi connectivity index (χ0n) is 16.2. The third-order valence-corrected chi connectivity index (χ3v) is 4.42. The summed E-state index contributed by atoms with van der Waals surface area (Å²) in [6.07, 6.45) is -5.99. The van der Waals surface area contributed by atoms with E-state index in [0.29, 0.717) is 0 Å². The Bertz CT molecular complexity index is 656. The number of carbonyl (C=O) groups excluding carboxylic acids is 3. The highest BCUT2D eigenvalue weighted by Crippen LogP contribution is 2.39. The Balaban J connectivity index is 3.46. The van der Waals surface area contributed by atoms with Gasteiger partial charge in [-0.1, -0.05) is 19.0 Å². The fourth-order valence-corrected chi connectivity index (χ4v) is 3.11. The number of carbonyl (C=O) groups is 3. The van der Waals surface area contributed by atoms with E-state index in [1.165, 1.54) is 6.92 Å². The van der Waals surface area contributed by atoms with Crippen molar-refractivity contribution in [2.24, 2.45) is 11.0 Å². The predicted molar refractivity (Wildman–Crippen MR) is 90.2 cm³/mol. The molecule has 0 spiro atoms. The maximum absolute atomic E-state index is 14.8. The van der Waals surface area contributed by atoms with E-state index >= 15 is 0 Å². The van der Waals surface area contributed by atoms with Gasteiger partial charge in [0.25, 0.3) is 5.79 Å². The van der Waals surface area contributed by atoms with Crippen LogP contribution < -0.4 is 0 Å². The van der Waals surface area contributed by atoms with E-state index in [1.54, 1.807) is 6.92 Å². The van der Waals surface area contributed by atoms with E-state index in [1.807, 2.05) is 0 Å². The number of methoxy groups -OCH3 is 1. The predicted octanol–water partition coefficient (Wildman–Crippen LogP) is 1.17. The lowest BCUT2D eigenvalue weighted by atomic mass is 9.81. The van der Waals surface area contributed by atoms with Crippen LogP contribution in [0.5, 0.6) is 0 Å². The maximum atomic E-state index is 14.8. The molecule has 1 saturated heterocycles. The lowest BCUT2D eigenvalue weighted by molar-refractivity contribution is -0.312. The molecule has 1 aliphatic heterocycles. The van der Waals surface area contributed by atoms with Crippen LogP contribution in [-0.2, 0) is 33.3 Å². The number of aliphatic hydroxyl groups is 1. The summed E-state index contributed by atoms with van der Waals surface area (Å²) in [6, 6.07) is -1.55. The smallest absolute Gasteiger partial charge is 0.369 e. The molecule has 1 rings (SSSR count). The molecule has 0 saturated carbocycles. The summed E-state index contributed by atoms with van der Waals surface area (Å²) in [4.78, 5) is 37.6. The average molecular weight is 405 g/mol. The van der Waals surface area contributed by atoms with E-state index in [9.17, 15) is 23.9 Å². The van der Waals surface area contributed by atoms with E-state index in [0.717, 1.165) is 21.0 Å². The first-order valence-corrected chi connectivity index (χ1v) is 8.54. The lowest BCUT2D eigenvalue weighted by Crippen LogP contribution is -2.66. The van der Waals surface area contributed by atoms with Crippen molar-refractivity contribution < 1.29 is 42.8 Å². The summed E-state index contributed by atoms with van der Waals surface area (Å²) in [5.41, 5.74) is 8.76. The van der Waals surface area contributed by atoms with Gasteiger partial charge in [-0.05, 0) is 17.9 Å². The first kappa shape index (κ1) is 23.6. The van der Waals surface area contributed by atoms with Crippen molar-refractivity contribution in [1.29, 1.82) is 0 Å². The van der Waals surface area contributed by atoms with Gasteiger partial charge in [-0.25, -0.2) is 9.18 Å². The highest BCUT2D eigenvalue weighted by molar-refractivity contribution is 5.78. The Kier molecular flexibility index (Phi) is 8.15. The molecule has 0 radical (unpaired) electrons. The van der Waals surface area contributed by atoms with Gasteiger partial charge in [0.2, 0.25) is 0 Å². The summed E-state index contributed by atoms with van der Waals surface area (Å²) in [6.45, 7) is 5.29. The second kappa shape index (κ2) is 9.67. The van der Waals surface area contributed by atoms with Crippen molar-refractivity contribution in [2.45, 2.75) is 70.4 Å². The molecule has 5 unspecified atom stereocenters. The molecule has 1 aliphatic rings. The van der Waals surface area contributed by atoms with Gasteiger partial charge >= 0.3 is 17.9 Å². The molecular formula is C16H24FN3O8. The molecule has 0 bridgehead atoms. The van der Waals surface area contributed by atoms with Gasteiger partial charge in [0.1, 0.15) is 12.2 Å². The van der Waals surface area contributed by atoms with Crippen molar-refractivity contribution >= 4 is 17.9 Å². The second-order valence-electron chi connectivity index (χ2n) is 6.36. The van der Waals surface area contributed by atoms with Gasteiger partial charge in [0, 0.05) is 18.8 Å². The summed E-state index contributed by atoms with van der Waals surface area (Å²) in [7, 11) is 0.906. The fourth-order valence-electron chi connectivity index (χ4n) is 3.11. The Morgan fingerprint density at radius 3 is 2.32 bits per heavy atom. The van der Waals surface area contributed by atoms with E-state index in [2.05, 4.69) is 14.8 Å². The highest BCUT2D eigenvalue weighted by Gasteiger charge is 2.61. The van der Waals surface area contributed by atoms with Gasteiger partial charge in [0.05, 0.1) is 13.2 Å². The van der Waals surface area contributed by atoms with Crippen molar-refractivity contribution in [3.8, 4) is 0 Å². The quantitative estimate of drug-likeness (QED) is 0.217. The molecule has 28 heavy (non-hydrogen) atoms. The number of halogens is 1. The molecular weight excluding hydrogens is 381 g/mol. The molecule has 0 amide bonds. The monoisotopic (exact) mass is 405 g/mol. The van der Waals surface area contributed by atoms with Gasteiger partial charge in [-0.3, -0.25) is 9.59 Å². The standard InChI is InChI=1S/C16H24FN3O8/c1-6-10(26-8(3)21)13(27-9(4)22)12-7(2)11(19-20-18)14(17)16(24,28-12)15(23)25-5/h7,10-14,24H,6H2,1-5H3/t7?,10-,11?,12?,13-,14?,16?/m1/s1. The van der Waals surface area contributed by atoms with Crippen LogP contribution in [0.25, 0.3) is 10.4 Å². The van der Waals surface area contributed by atoms with Gasteiger partial charge in [0.15, 0.2) is 12.3 Å². The molecule has 1 fully saturated rings. The second-order valence-corrected chi connectivity index (χ2v) is 6.36. The Morgan fingerprint density at radius 2 is 1.89 bits per heavy atom. The molecule has 12 heteroatoms. The summed E-state index contributed by atoms with van der Waals surface area (Å²) < 4.78 is 34.9. The zero-order chi connectivity index (χ0) is 21.6. The first-order chi connectivity index (χ1) is 13.0. The van der Waals surface area contributed by atoms with Crippen LogP contribution >= 0.6 is 0 Å². The molecule has 0 aliphatic carbocycles. The molecule has 158 valence electrons. The van der Waals surface area contributed by atoms with E-state index in [4.69, 9.17) is 19.7 Å². The van der Waals surface area contributed by atoms with E-state index in [-0.39, 0.29) is 6.42 Å². The fraction of sp³-hybridized carbons (Fsp3) is 0.812. The van der Waals surface area contributed by atoms with Crippen LogP contribution in [0.2, 0.25) is 0 Å². The minimum atomic E-state index is -3.11. The molecule has 7 atom stereocenters. The van der Waals surface area contributed by atoms with Gasteiger partial charge < -0.3 is 24.1 Å². The average Bonchev–Trinajstić information content (AvgIpc) is 2.63. The normalized spacial score (nSPS) is 31.7. The van der Waals surface area contributed by atoms with Crippen molar-refractivity contribution in [1.82, 2.24) is 0 Å². The third-order valence-electron chi connectivity index (χ3n) is 4.42. The van der Waals surface area contributed by atoms with Crippen LogP contribution in [0, 0.1) is 5.92 Å². The number of ether oxygens (including phenoxy) is 4. The number of hydrogen-bond acceptors (Lipinski definition) is 9. The maximum Gasteiger partial charge on any atom is 0.369 e. The summed E-state index contributed by atoms with van der Waals surface area (Å²) in [5, 5.41) is 13.8. The van der Waals surface area contributed by atoms with Crippen molar-refractivity contribution in [2.75, 3.05) is 7.11 Å². The van der Waals surface area contributed by atoms with Crippen molar-refractivity contribution in [3.05, 3.63) is 10.4 Å². The number of alkyl halides is 1. The number of esters is 3. The SMILES string of the molecule is CC[C@@H](OC(C)=O)[C@@H](OC(C)=O)C1OC(O)(C(=O)OC)C(F)C(N=[N+]=[N-])C1C. The first-order valence-electron chi connectivity index (χ1n) is 8.54. The molecule has 0 aromatic heterocycles. The lowest BCUT2D eigenvalue weighted by Gasteiger charge is -2.47. The van der Waals surface area contributed by atoms with Crippen LogP contribution in [-0.4, -0.2) is 66.4 Å². The Labute approximate surface area is 160 Å². The molecule has 1 N–H and O–H groups in total. The van der Waals surface area contributed by atoms with Crippen LogP contribution in [0.3, 0.4) is 0 Å². The zero-order valence-corrected chi connectivity index (χ0v) is 16.2. The van der Waals surface area contributed by atoms with Crippen LogP contribution in [0.4, 0.5) is 4.39 Å². The van der Waals surface area contributed by atoms with Crippen LogP contribution in [0.15, 0.2) is 5.11 Å². The van der Waals surface area contributed by atoms with Gasteiger partial charge in [-0.15, -0.1) is 0 Å². The van der Waals surface area contributed by atoms with E-state index < -0.39 is 60.1 Å². The number of nitrogens with zero attached hydrogens (tertiary/aromatic N) is 3. The number of rotatable bonds is 7. The summed E-state index contributed by atoms with van der Waals surface area (Å²) in [5.74, 6) is -6.99. The Morgan fingerprint density at radius 1 is 1.32 bits per heavy atom. The summed E-state index contributed by atoms with van der Waals surface area (Å²) >= 11 is 0. The van der Waals surface area contributed by atoms with Gasteiger partial charge in [-0.2, -0.15) is 0 Å². The largest absolute Gasteiger partial charge is 0.465 e.